The van der Waals surface area contributed by atoms with Crippen molar-refractivity contribution in [2.75, 3.05) is 18.9 Å². The average Bonchev–Trinajstić information content (AvgIpc) is 2.57. The Morgan fingerprint density at radius 3 is 2.00 bits per heavy atom. The van der Waals surface area contributed by atoms with Crippen molar-refractivity contribution in [1.29, 1.82) is 0 Å². The van der Waals surface area contributed by atoms with E-state index in [9.17, 15) is 18.3 Å². The summed E-state index contributed by atoms with van der Waals surface area (Å²) in [5, 5.41) is 13.3. The SMILES string of the molecule is C[C@H](Sc1cc(C(C)(C)C)c(O)c(C(C)(C)C)c1)[C@@H](C)OCC(=O)NCCS(=O)(=O)O. The number of benzene rings is 1. The number of rotatable bonds is 9. The number of nitrogens with one attached hydrogen (secondary N) is 1. The molecule has 31 heavy (non-hydrogen) atoms. The molecule has 0 radical (unpaired) electrons. The van der Waals surface area contributed by atoms with Crippen LogP contribution in [-0.4, -0.2) is 54.2 Å². The van der Waals surface area contributed by atoms with Crippen molar-refractivity contribution < 1.29 is 27.6 Å². The Hall–Kier alpha value is -1.29. The summed E-state index contributed by atoms with van der Waals surface area (Å²) < 4.78 is 35.7. The molecule has 0 bridgehead atoms. The quantitative estimate of drug-likeness (QED) is 0.367. The van der Waals surface area contributed by atoms with Gasteiger partial charge in [0.2, 0.25) is 5.91 Å². The van der Waals surface area contributed by atoms with Crippen molar-refractivity contribution >= 4 is 27.8 Å². The number of amides is 1. The second-order valence-corrected chi connectivity index (χ2v) is 12.9. The second-order valence-electron chi connectivity index (χ2n) is 9.84. The molecular weight excluding hydrogens is 438 g/mol. The lowest BCUT2D eigenvalue weighted by Gasteiger charge is -2.29. The first kappa shape index (κ1) is 27.7. The molecule has 0 heterocycles. The van der Waals surface area contributed by atoms with Crippen LogP contribution in [0.2, 0.25) is 0 Å². The molecule has 0 saturated heterocycles. The van der Waals surface area contributed by atoms with Crippen LogP contribution in [0.1, 0.15) is 66.5 Å². The molecule has 1 aromatic carbocycles. The fraction of sp³-hybridized carbons (Fsp3) is 0.682. The molecule has 0 aliphatic heterocycles. The van der Waals surface area contributed by atoms with E-state index in [0.717, 1.165) is 16.0 Å². The minimum absolute atomic E-state index is 0.0239. The summed E-state index contributed by atoms with van der Waals surface area (Å²) >= 11 is 1.61. The van der Waals surface area contributed by atoms with Crippen molar-refractivity contribution in [2.24, 2.45) is 0 Å². The molecule has 0 aromatic heterocycles. The van der Waals surface area contributed by atoms with E-state index in [4.69, 9.17) is 9.29 Å². The zero-order valence-corrected chi connectivity index (χ0v) is 21.4. The van der Waals surface area contributed by atoms with Crippen molar-refractivity contribution in [2.45, 2.75) is 82.5 Å². The molecule has 0 fully saturated rings. The van der Waals surface area contributed by atoms with Gasteiger partial charge in [0.15, 0.2) is 0 Å². The van der Waals surface area contributed by atoms with Gasteiger partial charge in [0.05, 0.1) is 11.9 Å². The van der Waals surface area contributed by atoms with Crippen LogP contribution in [0, 0.1) is 0 Å². The summed E-state index contributed by atoms with van der Waals surface area (Å²) in [4.78, 5) is 12.8. The van der Waals surface area contributed by atoms with E-state index in [1.54, 1.807) is 11.8 Å². The van der Waals surface area contributed by atoms with Gasteiger partial charge in [-0.3, -0.25) is 9.35 Å². The predicted molar refractivity (Wildman–Crippen MR) is 126 cm³/mol. The largest absolute Gasteiger partial charge is 0.507 e. The highest BCUT2D eigenvalue weighted by atomic mass is 32.2. The topological polar surface area (TPSA) is 113 Å². The summed E-state index contributed by atoms with van der Waals surface area (Å²) in [6, 6.07) is 4.03. The van der Waals surface area contributed by atoms with Crippen molar-refractivity contribution in [1.82, 2.24) is 5.32 Å². The summed E-state index contributed by atoms with van der Waals surface area (Å²) in [7, 11) is -4.11. The molecular formula is C22H37NO6S2. The van der Waals surface area contributed by atoms with Crippen LogP contribution in [0.25, 0.3) is 0 Å². The van der Waals surface area contributed by atoms with Crippen LogP contribution >= 0.6 is 11.8 Å². The van der Waals surface area contributed by atoms with Gasteiger partial charge in [-0.1, -0.05) is 48.5 Å². The van der Waals surface area contributed by atoms with Crippen LogP contribution < -0.4 is 5.32 Å². The maximum absolute atomic E-state index is 11.8. The van der Waals surface area contributed by atoms with Crippen LogP contribution in [0.4, 0.5) is 0 Å². The van der Waals surface area contributed by atoms with Gasteiger partial charge in [0.25, 0.3) is 10.1 Å². The van der Waals surface area contributed by atoms with Gasteiger partial charge in [-0.25, -0.2) is 0 Å². The maximum Gasteiger partial charge on any atom is 0.266 e. The lowest BCUT2D eigenvalue weighted by Crippen LogP contribution is -2.34. The molecule has 3 N–H and O–H groups in total. The molecule has 7 nitrogen and oxygen atoms in total. The van der Waals surface area contributed by atoms with Gasteiger partial charge in [0.1, 0.15) is 12.4 Å². The molecule has 9 heteroatoms. The summed E-state index contributed by atoms with van der Waals surface area (Å²) in [6.07, 6.45) is -0.248. The Morgan fingerprint density at radius 1 is 1.10 bits per heavy atom. The maximum atomic E-state index is 11.8. The summed E-state index contributed by atoms with van der Waals surface area (Å²) in [6.45, 7) is 15.9. The van der Waals surface area contributed by atoms with E-state index in [1.165, 1.54) is 0 Å². The molecule has 0 aliphatic rings. The van der Waals surface area contributed by atoms with E-state index >= 15 is 0 Å². The van der Waals surface area contributed by atoms with Crippen LogP contribution in [0.3, 0.4) is 0 Å². The van der Waals surface area contributed by atoms with E-state index < -0.39 is 21.8 Å². The third-order valence-corrected chi connectivity index (χ3v) is 6.82. The Labute approximate surface area is 191 Å². The van der Waals surface area contributed by atoms with Gasteiger partial charge < -0.3 is 15.2 Å². The number of ether oxygens (including phenoxy) is 1. The Kier molecular flexibility index (Phi) is 9.44. The molecule has 2 atom stereocenters. The lowest BCUT2D eigenvalue weighted by molar-refractivity contribution is -0.127. The number of hydrogen-bond acceptors (Lipinski definition) is 6. The van der Waals surface area contributed by atoms with Crippen LogP contribution in [-0.2, 0) is 30.5 Å². The zero-order valence-electron chi connectivity index (χ0n) is 19.8. The lowest BCUT2D eigenvalue weighted by atomic mass is 9.79. The molecule has 0 aliphatic carbocycles. The number of carbonyl (C=O) groups is 1. The standard InChI is InChI=1S/C22H37NO6S2/c1-14(29-13-19(24)23-9-10-31(26,27)28)15(2)30-16-11-17(21(3,4)5)20(25)18(12-16)22(6,7)8/h11-12,14-15,25H,9-10,13H2,1-8H3,(H,23,24)(H,26,27,28)/t14-,15+/m1/s1. The normalized spacial score (nSPS) is 14.9. The van der Waals surface area contributed by atoms with Gasteiger partial charge in [-0.15, -0.1) is 11.8 Å². The third kappa shape index (κ3) is 9.39. The minimum atomic E-state index is -4.11. The molecule has 0 spiro atoms. The Balaban J connectivity index is 2.84. The monoisotopic (exact) mass is 475 g/mol. The van der Waals surface area contributed by atoms with Crippen molar-refractivity contribution in [3.63, 3.8) is 0 Å². The number of phenols is 1. The molecule has 0 unspecified atom stereocenters. The van der Waals surface area contributed by atoms with Gasteiger partial charge in [0, 0.05) is 27.8 Å². The Morgan fingerprint density at radius 2 is 1.58 bits per heavy atom. The van der Waals surface area contributed by atoms with Gasteiger partial charge >= 0.3 is 0 Å². The molecule has 178 valence electrons. The summed E-state index contributed by atoms with van der Waals surface area (Å²) in [5.74, 6) is -0.640. The first-order valence-electron chi connectivity index (χ1n) is 10.3. The fourth-order valence-electron chi connectivity index (χ4n) is 2.84. The average molecular weight is 476 g/mol. The number of carbonyl (C=O) groups excluding carboxylic acids is 1. The smallest absolute Gasteiger partial charge is 0.266 e. The zero-order chi connectivity index (χ0) is 24.2. The van der Waals surface area contributed by atoms with Gasteiger partial charge in [-0.2, -0.15) is 8.42 Å². The highest BCUT2D eigenvalue weighted by Gasteiger charge is 2.27. The molecule has 1 aromatic rings. The summed E-state index contributed by atoms with van der Waals surface area (Å²) in [5.41, 5.74) is 1.35. The number of hydrogen-bond donors (Lipinski definition) is 3. The number of aromatic hydroxyl groups is 1. The highest BCUT2D eigenvalue weighted by molar-refractivity contribution is 8.00. The van der Waals surface area contributed by atoms with Crippen molar-refractivity contribution in [3.05, 3.63) is 23.3 Å². The minimum Gasteiger partial charge on any atom is -0.507 e. The highest BCUT2D eigenvalue weighted by Crippen LogP contribution is 2.42. The predicted octanol–water partition coefficient (Wildman–Crippen LogP) is 3.88. The number of thioether (sulfide) groups is 1. The molecule has 1 amide bonds. The first-order valence-corrected chi connectivity index (χ1v) is 12.8. The van der Waals surface area contributed by atoms with Gasteiger partial charge in [-0.05, 0) is 29.9 Å². The van der Waals surface area contributed by atoms with E-state index in [-0.39, 0.29) is 35.3 Å². The molecule has 1 rings (SSSR count). The first-order chi connectivity index (χ1) is 13.9. The van der Waals surface area contributed by atoms with Crippen molar-refractivity contribution in [3.8, 4) is 5.75 Å². The van der Waals surface area contributed by atoms with E-state index in [1.807, 2.05) is 26.0 Å². The van der Waals surface area contributed by atoms with Crippen LogP contribution in [0.5, 0.6) is 5.75 Å². The van der Waals surface area contributed by atoms with Crippen LogP contribution in [0.15, 0.2) is 17.0 Å². The fourth-order valence-corrected chi connectivity index (χ4v) is 4.27. The third-order valence-electron chi connectivity index (χ3n) is 4.84. The van der Waals surface area contributed by atoms with E-state index in [0.29, 0.717) is 5.75 Å². The second kappa shape index (κ2) is 10.6. The number of phenolic OH excluding ortho intramolecular Hbond substituents is 1. The van der Waals surface area contributed by atoms with E-state index in [2.05, 4.69) is 46.9 Å². The molecule has 0 saturated carbocycles. The Bertz CT molecular complexity index is 834.